The second-order valence-electron chi connectivity index (χ2n) is 4.03. The van der Waals surface area contributed by atoms with E-state index in [9.17, 15) is 0 Å². The van der Waals surface area contributed by atoms with Gasteiger partial charge in [-0.2, -0.15) is 0 Å². The number of rotatable bonds is 3. The molecule has 0 unspecified atom stereocenters. The van der Waals surface area contributed by atoms with Crippen molar-refractivity contribution in [3.63, 3.8) is 0 Å². The van der Waals surface area contributed by atoms with Crippen LogP contribution in [0.1, 0.15) is 5.56 Å². The standard InChI is InChI=1S/C14H12BNO2/c16-9-11-3-1-2-4-13(11)17-12-6-5-10-8-15-18-14(10)7-12/h1-8H,9,16H2. The van der Waals surface area contributed by atoms with Gasteiger partial charge >= 0.3 is 105 Å². The molecular formula is C14H12BNO2. The Kier molecular flexibility index (Phi) is 2.86. The summed E-state index contributed by atoms with van der Waals surface area (Å²) in [6.45, 7) is 0.458. The predicted molar refractivity (Wildman–Crippen MR) is 72.0 cm³/mol. The van der Waals surface area contributed by atoms with Gasteiger partial charge in [0.25, 0.3) is 0 Å². The summed E-state index contributed by atoms with van der Waals surface area (Å²) in [6.07, 6.45) is 0. The first-order valence-electron chi connectivity index (χ1n) is 5.80. The first-order valence-corrected chi connectivity index (χ1v) is 5.80. The second kappa shape index (κ2) is 4.66. The summed E-state index contributed by atoms with van der Waals surface area (Å²) in [6, 6.07) is 13.5. The first-order chi connectivity index (χ1) is 8.86. The molecule has 0 aliphatic heterocycles. The van der Waals surface area contributed by atoms with Crippen LogP contribution in [-0.4, -0.2) is 7.13 Å². The summed E-state index contributed by atoms with van der Waals surface area (Å²) in [4.78, 5) is 0. The van der Waals surface area contributed by atoms with Crippen molar-refractivity contribution < 1.29 is 9.07 Å². The predicted octanol–water partition coefficient (Wildman–Crippen LogP) is 3.02. The molecule has 2 N–H and O–H groups in total. The maximum absolute atomic E-state index is 5.84. The third-order valence-corrected chi connectivity index (χ3v) is 2.85. The summed E-state index contributed by atoms with van der Waals surface area (Å²) < 4.78 is 11.2. The molecule has 0 atom stereocenters. The van der Waals surface area contributed by atoms with E-state index in [1.807, 2.05) is 48.4 Å². The van der Waals surface area contributed by atoms with Gasteiger partial charge in [-0.1, -0.05) is 0 Å². The first kappa shape index (κ1) is 11.0. The molecule has 0 bridgehead atoms. The molecule has 18 heavy (non-hydrogen) atoms. The van der Waals surface area contributed by atoms with Gasteiger partial charge in [-0.05, 0) is 0 Å². The van der Waals surface area contributed by atoms with Crippen LogP contribution in [0.5, 0.6) is 11.5 Å². The van der Waals surface area contributed by atoms with E-state index in [4.69, 9.17) is 14.8 Å². The van der Waals surface area contributed by atoms with E-state index < -0.39 is 0 Å². The molecule has 0 saturated heterocycles. The molecule has 0 amide bonds. The van der Waals surface area contributed by atoms with Crippen LogP contribution >= 0.6 is 0 Å². The Morgan fingerprint density at radius 1 is 1.17 bits per heavy atom. The summed E-state index contributed by atoms with van der Waals surface area (Å²) >= 11 is 0. The van der Waals surface area contributed by atoms with E-state index in [1.54, 1.807) is 7.13 Å². The molecule has 3 nitrogen and oxygen atoms in total. The van der Waals surface area contributed by atoms with Crippen LogP contribution in [-0.2, 0) is 6.54 Å². The third kappa shape index (κ3) is 2.02. The topological polar surface area (TPSA) is 48.4 Å². The van der Waals surface area contributed by atoms with Gasteiger partial charge in [-0.25, -0.2) is 0 Å². The van der Waals surface area contributed by atoms with Crippen molar-refractivity contribution >= 4 is 18.1 Å². The molecule has 3 rings (SSSR count). The van der Waals surface area contributed by atoms with Crippen molar-refractivity contribution in [2.24, 2.45) is 5.73 Å². The fraction of sp³-hybridized carbons (Fsp3) is 0.0714. The van der Waals surface area contributed by atoms with Gasteiger partial charge in [-0.15, -0.1) is 0 Å². The summed E-state index contributed by atoms with van der Waals surface area (Å²) in [5, 5.41) is 1.06. The molecule has 88 valence electrons. The van der Waals surface area contributed by atoms with Crippen molar-refractivity contribution in [2.45, 2.75) is 6.54 Å². The van der Waals surface area contributed by atoms with E-state index in [1.165, 1.54) is 0 Å². The van der Waals surface area contributed by atoms with Crippen molar-refractivity contribution in [1.29, 1.82) is 0 Å². The van der Waals surface area contributed by atoms with E-state index in [0.29, 0.717) is 6.54 Å². The fourth-order valence-corrected chi connectivity index (χ4v) is 1.90. The van der Waals surface area contributed by atoms with Crippen LogP contribution in [0.2, 0.25) is 0 Å². The van der Waals surface area contributed by atoms with Gasteiger partial charge in [0, 0.05) is 0 Å². The quantitative estimate of drug-likeness (QED) is 0.761. The molecule has 1 aromatic heterocycles. The van der Waals surface area contributed by atoms with Crippen LogP contribution < -0.4 is 10.5 Å². The average Bonchev–Trinajstić information content (AvgIpc) is 2.87. The maximum atomic E-state index is 5.84. The molecule has 2 aromatic carbocycles. The van der Waals surface area contributed by atoms with E-state index in [2.05, 4.69) is 0 Å². The van der Waals surface area contributed by atoms with Gasteiger partial charge in [0.1, 0.15) is 0 Å². The SMILES string of the molecule is NCc1ccccc1Oc1ccc2cboc2c1. The van der Waals surface area contributed by atoms with Crippen LogP contribution in [0.25, 0.3) is 11.0 Å². The Labute approximate surface area is 105 Å². The number of para-hydroxylation sites is 1. The molecule has 0 spiro atoms. The minimum atomic E-state index is 0.458. The number of ether oxygens (including phenoxy) is 1. The van der Waals surface area contributed by atoms with Crippen LogP contribution in [0.4, 0.5) is 0 Å². The molecule has 1 heterocycles. The third-order valence-electron chi connectivity index (χ3n) is 2.85. The Balaban J connectivity index is 1.95. The molecule has 0 aliphatic carbocycles. The molecular weight excluding hydrogens is 225 g/mol. The number of hydrogen-bond acceptors (Lipinski definition) is 3. The average molecular weight is 237 g/mol. The zero-order valence-corrected chi connectivity index (χ0v) is 9.80. The normalized spacial score (nSPS) is 10.5. The fourth-order valence-electron chi connectivity index (χ4n) is 1.90. The van der Waals surface area contributed by atoms with Crippen molar-refractivity contribution in [3.05, 3.63) is 54.0 Å². The second-order valence-corrected chi connectivity index (χ2v) is 4.03. The molecule has 0 aliphatic rings. The van der Waals surface area contributed by atoms with Gasteiger partial charge in [0.15, 0.2) is 0 Å². The Bertz CT molecular complexity index is 678. The van der Waals surface area contributed by atoms with E-state index >= 15 is 0 Å². The van der Waals surface area contributed by atoms with E-state index in [-0.39, 0.29) is 0 Å². The number of benzene rings is 2. The molecule has 0 radical (unpaired) electrons. The zero-order chi connectivity index (χ0) is 12.4. The molecule has 3 aromatic rings. The minimum absolute atomic E-state index is 0.458. The summed E-state index contributed by atoms with van der Waals surface area (Å²) in [5.74, 6) is 3.46. The van der Waals surface area contributed by atoms with Gasteiger partial charge in [-0.3, -0.25) is 0 Å². The zero-order valence-electron chi connectivity index (χ0n) is 9.80. The van der Waals surface area contributed by atoms with Crippen LogP contribution in [0.3, 0.4) is 0 Å². The Hall–Kier alpha value is -2.07. The molecule has 0 fully saturated rings. The Morgan fingerprint density at radius 3 is 2.94 bits per heavy atom. The number of fused-ring (bicyclic) bond motifs is 1. The van der Waals surface area contributed by atoms with Crippen molar-refractivity contribution in [2.75, 3.05) is 0 Å². The summed E-state index contributed by atoms with van der Waals surface area (Å²) in [5.41, 5.74) is 7.48. The van der Waals surface area contributed by atoms with Crippen LogP contribution in [0.15, 0.2) is 52.8 Å². The number of nitrogens with two attached hydrogens (primary N) is 1. The Morgan fingerprint density at radius 2 is 2.06 bits per heavy atom. The molecule has 0 saturated carbocycles. The van der Waals surface area contributed by atoms with Crippen LogP contribution in [0, 0.1) is 0 Å². The van der Waals surface area contributed by atoms with Crippen molar-refractivity contribution in [1.82, 2.24) is 0 Å². The monoisotopic (exact) mass is 237 g/mol. The van der Waals surface area contributed by atoms with Crippen molar-refractivity contribution in [3.8, 4) is 11.5 Å². The molecule has 4 heteroatoms. The number of hydrogen-bond donors (Lipinski definition) is 1. The van der Waals surface area contributed by atoms with Gasteiger partial charge in [0.05, 0.1) is 0 Å². The van der Waals surface area contributed by atoms with E-state index in [0.717, 1.165) is 28.0 Å². The van der Waals surface area contributed by atoms with Gasteiger partial charge in [0.2, 0.25) is 0 Å². The van der Waals surface area contributed by atoms with Gasteiger partial charge < -0.3 is 0 Å². The summed E-state index contributed by atoms with van der Waals surface area (Å²) in [7, 11) is 1.67.